The highest BCUT2D eigenvalue weighted by atomic mass is 16.7. The van der Waals surface area contributed by atoms with Crippen LogP contribution >= 0.6 is 0 Å². The molecule has 2 heterocycles. The van der Waals surface area contributed by atoms with Crippen LogP contribution in [0.15, 0.2) is 48.5 Å². The molecule has 0 radical (unpaired) electrons. The van der Waals surface area contributed by atoms with Gasteiger partial charge in [-0.15, -0.1) is 0 Å². The molecule has 1 saturated heterocycles. The molecule has 0 aliphatic carbocycles. The van der Waals surface area contributed by atoms with Gasteiger partial charge in [-0.25, -0.2) is 4.79 Å². The Bertz CT molecular complexity index is 887. The topological polar surface area (TPSA) is 79.9 Å². The van der Waals surface area contributed by atoms with E-state index in [0.29, 0.717) is 36.7 Å². The van der Waals surface area contributed by atoms with E-state index in [-0.39, 0.29) is 24.6 Å². The number of fused-ring (bicyclic) bond motifs is 1. The zero-order valence-corrected chi connectivity index (χ0v) is 16.9. The molecule has 1 fully saturated rings. The monoisotopic (exact) mass is 409 g/mol. The first kappa shape index (κ1) is 20.1. The largest absolute Gasteiger partial charge is 0.454 e. The van der Waals surface area contributed by atoms with Gasteiger partial charge in [-0.05, 0) is 48.9 Å². The van der Waals surface area contributed by atoms with Crippen molar-refractivity contribution in [3.8, 4) is 11.5 Å². The number of benzene rings is 2. The number of carbonyl (C=O) groups excluding carboxylic acids is 2. The Morgan fingerprint density at radius 3 is 2.73 bits per heavy atom. The molecule has 4 rings (SSSR count). The van der Waals surface area contributed by atoms with Gasteiger partial charge in [0.2, 0.25) is 6.79 Å². The highest BCUT2D eigenvalue weighted by Crippen LogP contribution is 2.32. The van der Waals surface area contributed by atoms with Crippen LogP contribution in [-0.2, 0) is 6.42 Å². The Balaban J connectivity index is 1.21. The third-order valence-electron chi connectivity index (χ3n) is 5.52. The summed E-state index contributed by atoms with van der Waals surface area (Å²) in [6.45, 7) is 2.75. The Morgan fingerprint density at radius 2 is 1.87 bits per heavy atom. The van der Waals surface area contributed by atoms with E-state index < -0.39 is 0 Å². The predicted molar refractivity (Wildman–Crippen MR) is 113 cm³/mol. The first-order valence-electron chi connectivity index (χ1n) is 10.4. The molecule has 1 atom stereocenters. The Kier molecular flexibility index (Phi) is 6.37. The first-order valence-corrected chi connectivity index (χ1v) is 10.4. The number of amides is 3. The van der Waals surface area contributed by atoms with E-state index in [1.165, 1.54) is 5.56 Å². The number of carbonyl (C=O) groups is 2. The second-order valence-electron chi connectivity index (χ2n) is 7.70. The molecule has 3 amide bonds. The minimum absolute atomic E-state index is 0.0299. The van der Waals surface area contributed by atoms with E-state index in [9.17, 15) is 9.59 Å². The third kappa shape index (κ3) is 5.03. The zero-order valence-electron chi connectivity index (χ0n) is 16.9. The fourth-order valence-corrected chi connectivity index (χ4v) is 3.86. The smallest absolute Gasteiger partial charge is 0.317 e. The van der Waals surface area contributed by atoms with Gasteiger partial charge in [0.15, 0.2) is 11.5 Å². The number of piperidine rings is 1. The van der Waals surface area contributed by atoms with Gasteiger partial charge < -0.3 is 25.0 Å². The summed E-state index contributed by atoms with van der Waals surface area (Å²) in [4.78, 5) is 26.8. The first-order chi connectivity index (χ1) is 14.7. The number of rotatable bonds is 6. The number of urea groups is 1. The fraction of sp³-hybridized carbons (Fsp3) is 0.391. The summed E-state index contributed by atoms with van der Waals surface area (Å²) in [5, 5.41) is 6.00. The minimum atomic E-state index is -0.141. The van der Waals surface area contributed by atoms with Crippen molar-refractivity contribution in [3.63, 3.8) is 0 Å². The molecule has 2 aromatic rings. The number of nitrogens with one attached hydrogen (secondary N) is 2. The second-order valence-corrected chi connectivity index (χ2v) is 7.70. The molecule has 1 unspecified atom stereocenters. The van der Waals surface area contributed by atoms with Crippen molar-refractivity contribution >= 4 is 11.9 Å². The van der Waals surface area contributed by atoms with E-state index in [4.69, 9.17) is 9.47 Å². The van der Waals surface area contributed by atoms with Crippen LogP contribution < -0.4 is 20.1 Å². The van der Waals surface area contributed by atoms with Crippen molar-refractivity contribution in [1.29, 1.82) is 0 Å². The van der Waals surface area contributed by atoms with Crippen LogP contribution in [0.2, 0.25) is 0 Å². The summed E-state index contributed by atoms with van der Waals surface area (Å²) >= 11 is 0. The van der Waals surface area contributed by atoms with E-state index in [2.05, 4.69) is 22.8 Å². The summed E-state index contributed by atoms with van der Waals surface area (Å²) in [5.74, 6) is 1.36. The zero-order chi connectivity index (χ0) is 20.8. The lowest BCUT2D eigenvalue weighted by Gasteiger charge is -2.33. The SMILES string of the molecule is O=C(NCC1CCCN(C(=O)NCCc2ccccc2)C1)c1ccc2c(c1)OCO2. The van der Waals surface area contributed by atoms with Crippen molar-refractivity contribution in [2.24, 2.45) is 5.92 Å². The Hall–Kier alpha value is -3.22. The summed E-state index contributed by atoms with van der Waals surface area (Å²) < 4.78 is 10.6. The molecular weight excluding hydrogens is 382 g/mol. The van der Waals surface area contributed by atoms with Crippen LogP contribution in [0.25, 0.3) is 0 Å². The lowest BCUT2D eigenvalue weighted by molar-refractivity contribution is 0.0937. The number of likely N-dealkylation sites (tertiary alicyclic amines) is 1. The van der Waals surface area contributed by atoms with Crippen molar-refractivity contribution in [3.05, 3.63) is 59.7 Å². The highest BCUT2D eigenvalue weighted by molar-refractivity contribution is 5.94. The second kappa shape index (κ2) is 9.52. The van der Waals surface area contributed by atoms with E-state index >= 15 is 0 Å². The molecule has 7 heteroatoms. The number of nitrogens with zero attached hydrogens (tertiary/aromatic N) is 1. The predicted octanol–water partition coefficient (Wildman–Crippen LogP) is 2.81. The van der Waals surface area contributed by atoms with Crippen molar-refractivity contribution in [2.75, 3.05) is 33.0 Å². The standard InChI is InChI=1S/C23H27N3O4/c27-22(19-8-9-20-21(13-19)30-16-29-20)25-14-18-7-4-12-26(15-18)23(28)24-11-10-17-5-2-1-3-6-17/h1-3,5-6,8-9,13,18H,4,7,10-12,14-16H2,(H,24,28)(H,25,27). The van der Waals surface area contributed by atoms with Crippen LogP contribution in [0.3, 0.4) is 0 Å². The number of hydrogen-bond donors (Lipinski definition) is 2. The number of hydrogen-bond acceptors (Lipinski definition) is 4. The third-order valence-corrected chi connectivity index (χ3v) is 5.52. The average Bonchev–Trinajstić information content (AvgIpc) is 3.26. The molecule has 2 N–H and O–H groups in total. The van der Waals surface area contributed by atoms with Gasteiger partial charge in [-0.3, -0.25) is 4.79 Å². The van der Waals surface area contributed by atoms with Crippen molar-refractivity contribution < 1.29 is 19.1 Å². The molecule has 2 aromatic carbocycles. The van der Waals surface area contributed by atoms with Gasteiger partial charge >= 0.3 is 6.03 Å². The Morgan fingerprint density at radius 1 is 1.03 bits per heavy atom. The number of ether oxygens (including phenoxy) is 2. The van der Waals surface area contributed by atoms with Crippen LogP contribution in [-0.4, -0.2) is 49.8 Å². The average molecular weight is 409 g/mol. The quantitative estimate of drug-likeness (QED) is 0.769. The minimum Gasteiger partial charge on any atom is -0.454 e. The maximum atomic E-state index is 12.5. The molecule has 158 valence electrons. The summed E-state index contributed by atoms with van der Waals surface area (Å²) in [5.41, 5.74) is 1.76. The maximum Gasteiger partial charge on any atom is 0.317 e. The molecule has 30 heavy (non-hydrogen) atoms. The molecule has 7 nitrogen and oxygen atoms in total. The normalized spacial score (nSPS) is 17.5. The van der Waals surface area contributed by atoms with Gasteiger partial charge in [-0.2, -0.15) is 0 Å². The van der Waals surface area contributed by atoms with Gasteiger partial charge in [0.25, 0.3) is 5.91 Å². The van der Waals surface area contributed by atoms with Crippen LogP contribution in [0.5, 0.6) is 11.5 Å². The van der Waals surface area contributed by atoms with Gasteiger partial charge in [0, 0.05) is 31.7 Å². The van der Waals surface area contributed by atoms with Crippen molar-refractivity contribution in [2.45, 2.75) is 19.3 Å². The van der Waals surface area contributed by atoms with Crippen molar-refractivity contribution in [1.82, 2.24) is 15.5 Å². The molecule has 0 saturated carbocycles. The summed E-state index contributed by atoms with van der Waals surface area (Å²) in [7, 11) is 0. The molecular formula is C23H27N3O4. The molecule has 0 aromatic heterocycles. The van der Waals surface area contributed by atoms with Gasteiger partial charge in [-0.1, -0.05) is 30.3 Å². The van der Waals surface area contributed by atoms with Gasteiger partial charge in [0.05, 0.1) is 0 Å². The fourth-order valence-electron chi connectivity index (χ4n) is 3.86. The molecule has 0 bridgehead atoms. The lowest BCUT2D eigenvalue weighted by Crippen LogP contribution is -2.48. The highest BCUT2D eigenvalue weighted by Gasteiger charge is 2.24. The van der Waals surface area contributed by atoms with E-state index in [0.717, 1.165) is 25.8 Å². The summed E-state index contributed by atoms with van der Waals surface area (Å²) in [6, 6.07) is 15.3. The van der Waals surface area contributed by atoms with Crippen LogP contribution in [0.4, 0.5) is 4.79 Å². The molecule has 2 aliphatic rings. The van der Waals surface area contributed by atoms with Crippen LogP contribution in [0.1, 0.15) is 28.8 Å². The van der Waals surface area contributed by atoms with E-state index in [1.807, 2.05) is 23.1 Å². The van der Waals surface area contributed by atoms with Crippen LogP contribution in [0, 0.1) is 5.92 Å². The lowest BCUT2D eigenvalue weighted by atomic mass is 9.98. The summed E-state index contributed by atoms with van der Waals surface area (Å²) in [6.07, 6.45) is 2.75. The Labute approximate surface area is 176 Å². The molecule has 2 aliphatic heterocycles. The van der Waals surface area contributed by atoms with Gasteiger partial charge in [0.1, 0.15) is 0 Å². The maximum absolute atomic E-state index is 12.5. The molecule has 0 spiro atoms. The van der Waals surface area contributed by atoms with E-state index in [1.54, 1.807) is 18.2 Å².